The van der Waals surface area contributed by atoms with E-state index in [1.54, 1.807) is 0 Å². The molecule has 0 bridgehead atoms. The van der Waals surface area contributed by atoms with Crippen LogP contribution in [0.4, 0.5) is 17.1 Å². The summed E-state index contributed by atoms with van der Waals surface area (Å²) in [5.41, 5.74) is 8.05. The van der Waals surface area contributed by atoms with Gasteiger partial charge < -0.3 is 0 Å². The van der Waals surface area contributed by atoms with Crippen LogP contribution in [0.2, 0.25) is 0 Å². The highest BCUT2D eigenvalue weighted by molar-refractivity contribution is 6.11. The third-order valence-electron chi connectivity index (χ3n) is 7.52. The lowest BCUT2D eigenvalue weighted by molar-refractivity contribution is -0.664. The van der Waals surface area contributed by atoms with Crippen molar-refractivity contribution in [3.05, 3.63) is 121 Å². The summed E-state index contributed by atoms with van der Waals surface area (Å²) >= 11 is 0. The molecule has 2 aliphatic heterocycles. The minimum absolute atomic E-state index is 0.129. The number of quaternary nitrogens is 1. The molecular formula is C30H20N2+2. The smallest absolute Gasteiger partial charge is 0.159 e. The molecule has 5 aromatic carbocycles. The minimum atomic E-state index is 0.129. The third kappa shape index (κ3) is 1.73. The first-order valence-corrected chi connectivity index (χ1v) is 11.2. The molecule has 0 saturated carbocycles. The molecule has 32 heavy (non-hydrogen) atoms. The Hall–Kier alpha value is -4.01. The lowest BCUT2D eigenvalue weighted by atomic mass is 9.98. The first-order chi connectivity index (χ1) is 15.9. The van der Waals surface area contributed by atoms with Gasteiger partial charge in [0.15, 0.2) is 0 Å². The number of nitrogens with zero attached hydrogens (tertiary/aromatic N) is 2. The Kier molecular flexibility index (Phi) is 2.92. The second kappa shape index (κ2) is 5.61. The predicted octanol–water partition coefficient (Wildman–Crippen LogP) is 7.28. The fraction of sp³-hybridized carbons (Fsp3) is 0.0333. The molecular weight excluding hydrogens is 388 g/mol. The third-order valence-corrected chi connectivity index (χ3v) is 7.52. The lowest BCUT2D eigenvalue weighted by Gasteiger charge is -2.34. The number of hydrogen-bond donors (Lipinski definition) is 0. The fourth-order valence-corrected chi connectivity index (χ4v) is 6.42. The highest BCUT2D eigenvalue weighted by Gasteiger charge is 2.62. The Bertz CT molecular complexity index is 1680. The number of rotatable bonds is 2. The molecule has 8 rings (SSSR count). The van der Waals surface area contributed by atoms with E-state index in [4.69, 9.17) is 0 Å². The monoisotopic (exact) mass is 408 g/mol. The summed E-state index contributed by atoms with van der Waals surface area (Å²) in [5, 5.41) is 5.35. The number of para-hydroxylation sites is 3. The zero-order chi connectivity index (χ0) is 20.9. The van der Waals surface area contributed by atoms with Crippen LogP contribution in [-0.2, 0) is 0 Å². The second-order valence-electron chi connectivity index (χ2n) is 8.95. The lowest BCUT2D eigenvalue weighted by Crippen LogP contribution is -2.50. The number of pyridine rings is 1. The summed E-state index contributed by atoms with van der Waals surface area (Å²) in [6.07, 6.45) is 0.129. The van der Waals surface area contributed by atoms with Crippen LogP contribution < -0.4 is 9.05 Å². The zero-order valence-corrected chi connectivity index (χ0v) is 17.4. The Morgan fingerprint density at radius 1 is 0.531 bits per heavy atom. The molecule has 0 radical (unpaired) electrons. The van der Waals surface area contributed by atoms with Crippen molar-refractivity contribution in [2.24, 2.45) is 0 Å². The number of aromatic nitrogens is 1. The van der Waals surface area contributed by atoms with E-state index in [9.17, 15) is 0 Å². The van der Waals surface area contributed by atoms with Crippen LogP contribution in [-0.4, -0.2) is 0 Å². The van der Waals surface area contributed by atoms with Crippen LogP contribution >= 0.6 is 0 Å². The van der Waals surface area contributed by atoms with Crippen LogP contribution in [0.5, 0.6) is 0 Å². The van der Waals surface area contributed by atoms with E-state index < -0.39 is 0 Å². The zero-order valence-electron chi connectivity index (χ0n) is 17.4. The Balaban J connectivity index is 1.68. The first kappa shape index (κ1) is 16.7. The molecule has 2 nitrogen and oxygen atoms in total. The number of benzene rings is 5. The van der Waals surface area contributed by atoms with Crippen LogP contribution in [0, 0.1) is 0 Å². The Morgan fingerprint density at radius 2 is 1.16 bits per heavy atom. The van der Waals surface area contributed by atoms with Gasteiger partial charge in [0.25, 0.3) is 5.52 Å². The summed E-state index contributed by atoms with van der Waals surface area (Å²) in [6, 6.07) is 42.7. The van der Waals surface area contributed by atoms with Gasteiger partial charge in [-0.05, 0) is 29.7 Å². The molecule has 0 saturated heterocycles. The molecule has 0 N–H and O–H groups in total. The minimum Gasteiger partial charge on any atom is -0.159 e. The molecule has 2 aliphatic rings. The average Bonchev–Trinajstić information content (AvgIpc) is 3.37. The predicted molar refractivity (Wildman–Crippen MR) is 131 cm³/mol. The van der Waals surface area contributed by atoms with Crippen LogP contribution in [0.1, 0.15) is 11.7 Å². The van der Waals surface area contributed by atoms with Crippen molar-refractivity contribution in [1.29, 1.82) is 0 Å². The van der Waals surface area contributed by atoms with E-state index in [2.05, 4.69) is 120 Å². The van der Waals surface area contributed by atoms with E-state index in [1.165, 1.54) is 55.2 Å². The van der Waals surface area contributed by atoms with Gasteiger partial charge >= 0.3 is 6.17 Å². The molecule has 1 atom stereocenters. The van der Waals surface area contributed by atoms with Crippen molar-refractivity contribution in [3.63, 3.8) is 0 Å². The molecule has 6 aromatic rings. The van der Waals surface area contributed by atoms with Gasteiger partial charge in [0, 0.05) is 35.7 Å². The molecule has 1 aromatic heterocycles. The summed E-state index contributed by atoms with van der Waals surface area (Å²) in [6.45, 7) is 0. The quantitative estimate of drug-likeness (QED) is 0.123. The number of hydrogen-bond acceptors (Lipinski definition) is 0. The maximum Gasteiger partial charge on any atom is 0.327 e. The van der Waals surface area contributed by atoms with Gasteiger partial charge in [-0.15, -0.1) is 4.57 Å². The molecule has 0 fully saturated rings. The van der Waals surface area contributed by atoms with E-state index in [1.807, 2.05) is 0 Å². The van der Waals surface area contributed by atoms with Crippen molar-refractivity contribution in [3.8, 4) is 0 Å². The van der Waals surface area contributed by atoms with E-state index in [0.29, 0.717) is 4.48 Å². The van der Waals surface area contributed by atoms with Gasteiger partial charge in [0.2, 0.25) is 11.2 Å². The Morgan fingerprint density at radius 3 is 1.91 bits per heavy atom. The van der Waals surface area contributed by atoms with Crippen molar-refractivity contribution >= 4 is 49.6 Å². The van der Waals surface area contributed by atoms with Crippen LogP contribution in [0.15, 0.2) is 115 Å². The van der Waals surface area contributed by atoms with Crippen molar-refractivity contribution in [1.82, 2.24) is 4.48 Å². The van der Waals surface area contributed by atoms with Gasteiger partial charge in [-0.1, -0.05) is 60.7 Å². The second-order valence-corrected chi connectivity index (χ2v) is 8.95. The summed E-state index contributed by atoms with van der Waals surface area (Å²) in [4.78, 5) is 0. The molecule has 0 spiro atoms. The topological polar surface area (TPSA) is 3.88 Å². The van der Waals surface area contributed by atoms with Crippen molar-refractivity contribution < 1.29 is 4.57 Å². The average molecular weight is 409 g/mol. The standard InChI is InChI=1S/C30H20N2/c1-3-11-23(12-4-1)32(24-13-5-2-6-14-24)26-16-8-10-21-19-22-18-17-20-9-7-15-25-27(20)29(22)31(28(21)26)30(25)32/h1-19,30H/q+2. The molecule has 0 aliphatic carbocycles. The van der Waals surface area contributed by atoms with Gasteiger partial charge in [0.1, 0.15) is 11.4 Å². The maximum atomic E-state index is 2.64. The van der Waals surface area contributed by atoms with E-state index in [0.717, 1.165) is 0 Å². The highest BCUT2D eigenvalue weighted by Crippen LogP contribution is 2.58. The number of fused-ring (bicyclic) bond motifs is 1. The molecule has 3 heterocycles. The summed E-state index contributed by atoms with van der Waals surface area (Å²) < 4.78 is 3.31. The highest BCUT2D eigenvalue weighted by atomic mass is 15.5. The summed E-state index contributed by atoms with van der Waals surface area (Å²) in [7, 11) is 0. The molecule has 0 amide bonds. The molecule has 1 unspecified atom stereocenters. The first-order valence-electron chi connectivity index (χ1n) is 11.2. The van der Waals surface area contributed by atoms with Gasteiger partial charge in [-0.2, -0.15) is 4.48 Å². The van der Waals surface area contributed by atoms with Crippen LogP contribution in [0.3, 0.4) is 0 Å². The van der Waals surface area contributed by atoms with Gasteiger partial charge in [-0.25, -0.2) is 0 Å². The van der Waals surface area contributed by atoms with Crippen molar-refractivity contribution in [2.45, 2.75) is 6.17 Å². The maximum absolute atomic E-state index is 2.64. The summed E-state index contributed by atoms with van der Waals surface area (Å²) in [5.74, 6) is 0. The van der Waals surface area contributed by atoms with Crippen molar-refractivity contribution in [2.75, 3.05) is 0 Å². The normalized spacial score (nSPS) is 17.3. The SMILES string of the molecule is c1ccc([N+]2(c3ccccc3)c3cccc4cc5ccc6cccc7c6c5[n+](c34)C72)cc1. The largest absolute Gasteiger partial charge is 0.327 e. The van der Waals surface area contributed by atoms with Crippen LogP contribution in [0.25, 0.3) is 32.6 Å². The van der Waals surface area contributed by atoms with E-state index in [-0.39, 0.29) is 6.17 Å². The molecule has 2 heteroatoms. The van der Waals surface area contributed by atoms with E-state index >= 15 is 0 Å². The van der Waals surface area contributed by atoms with Gasteiger partial charge in [0.05, 0.1) is 16.3 Å². The molecule has 148 valence electrons. The fourth-order valence-electron chi connectivity index (χ4n) is 6.42. The van der Waals surface area contributed by atoms with Gasteiger partial charge in [-0.3, -0.25) is 0 Å². The Labute approximate surface area is 185 Å².